The molecule has 51 valence electrons. The zero-order chi connectivity index (χ0) is 7.56. The van der Waals surface area contributed by atoms with Gasteiger partial charge in [-0.15, -0.1) is 0 Å². The predicted molar refractivity (Wildman–Crippen MR) is 36.6 cm³/mol. The smallest absolute Gasteiger partial charge is 0.336 e. The van der Waals surface area contributed by atoms with Crippen LogP contribution in [0.15, 0.2) is 18.2 Å². The zero-order valence-corrected chi connectivity index (χ0v) is 5.16. The Bertz CT molecular complexity index is 258. The lowest BCUT2D eigenvalue weighted by atomic mass is 10.2. The number of hydrogen-bond acceptors (Lipinski definition) is 2. The lowest BCUT2D eigenvalue weighted by Crippen LogP contribution is -1.97. The minimum atomic E-state index is -1.01. The number of rotatable bonds is 1. The highest BCUT2D eigenvalue weighted by molar-refractivity contribution is 5.88. The van der Waals surface area contributed by atoms with E-state index in [1.807, 2.05) is 0 Å². The number of carboxylic acids is 1. The number of hydrogen-bond donors (Lipinski definition) is 2. The lowest BCUT2D eigenvalue weighted by molar-refractivity contribution is 0.0696. The topological polar surface area (TPSA) is 63.3 Å². The summed E-state index contributed by atoms with van der Waals surface area (Å²) in [5, 5.41) is 8.42. The first kappa shape index (κ1) is 6.61. The molecule has 0 atom stereocenters. The SMILES string of the molecule is Nc1cc[c]c(C(=O)O)c1. The Morgan fingerprint density at radius 2 is 2.40 bits per heavy atom. The molecule has 3 N–H and O–H groups in total. The molecular formula is C7H6NO2. The fourth-order valence-electron chi connectivity index (χ4n) is 0.608. The van der Waals surface area contributed by atoms with Crippen molar-refractivity contribution in [2.75, 3.05) is 5.73 Å². The Balaban J connectivity index is 3.07. The van der Waals surface area contributed by atoms with Crippen molar-refractivity contribution in [1.29, 1.82) is 0 Å². The Labute approximate surface area is 58.1 Å². The average molecular weight is 136 g/mol. The fourth-order valence-corrected chi connectivity index (χ4v) is 0.608. The van der Waals surface area contributed by atoms with Crippen molar-refractivity contribution < 1.29 is 9.90 Å². The monoisotopic (exact) mass is 136 g/mol. The van der Waals surface area contributed by atoms with Gasteiger partial charge in [-0.25, -0.2) is 4.79 Å². The summed E-state index contributed by atoms with van der Waals surface area (Å²) in [6.07, 6.45) is 0. The summed E-state index contributed by atoms with van der Waals surface area (Å²) in [5.41, 5.74) is 5.85. The second kappa shape index (κ2) is 2.39. The maximum Gasteiger partial charge on any atom is 0.336 e. The van der Waals surface area contributed by atoms with Gasteiger partial charge in [0.05, 0.1) is 5.56 Å². The van der Waals surface area contributed by atoms with Crippen molar-refractivity contribution >= 4 is 11.7 Å². The minimum Gasteiger partial charge on any atom is -0.478 e. The van der Waals surface area contributed by atoms with Gasteiger partial charge in [0.2, 0.25) is 0 Å². The Hall–Kier alpha value is -1.51. The summed E-state index contributed by atoms with van der Waals surface area (Å²) < 4.78 is 0. The van der Waals surface area contributed by atoms with Crippen LogP contribution in [0.4, 0.5) is 5.69 Å². The van der Waals surface area contributed by atoms with Crippen LogP contribution < -0.4 is 5.73 Å². The number of benzene rings is 1. The highest BCUT2D eigenvalue weighted by Crippen LogP contribution is 2.04. The van der Waals surface area contributed by atoms with E-state index in [-0.39, 0.29) is 5.56 Å². The van der Waals surface area contributed by atoms with Crippen LogP contribution in [-0.2, 0) is 0 Å². The van der Waals surface area contributed by atoms with E-state index in [1.54, 1.807) is 6.07 Å². The van der Waals surface area contributed by atoms with E-state index in [1.165, 1.54) is 12.1 Å². The normalized spacial score (nSPS) is 9.20. The predicted octanol–water partition coefficient (Wildman–Crippen LogP) is 0.767. The highest BCUT2D eigenvalue weighted by atomic mass is 16.4. The van der Waals surface area contributed by atoms with Crippen LogP contribution in [0.2, 0.25) is 0 Å². The zero-order valence-electron chi connectivity index (χ0n) is 5.16. The summed E-state index contributed by atoms with van der Waals surface area (Å²) in [6.45, 7) is 0. The summed E-state index contributed by atoms with van der Waals surface area (Å²) in [5.74, 6) is -1.01. The molecule has 10 heavy (non-hydrogen) atoms. The van der Waals surface area contributed by atoms with Gasteiger partial charge in [-0.05, 0) is 18.2 Å². The molecule has 0 amide bonds. The number of nitrogens with two attached hydrogens (primary N) is 1. The second-order valence-corrected chi connectivity index (χ2v) is 1.84. The maximum absolute atomic E-state index is 10.3. The summed E-state index contributed by atoms with van der Waals surface area (Å²) in [6, 6.07) is 6.97. The van der Waals surface area contributed by atoms with Gasteiger partial charge in [-0.3, -0.25) is 0 Å². The molecule has 0 fully saturated rings. The van der Waals surface area contributed by atoms with Crippen molar-refractivity contribution in [3.63, 3.8) is 0 Å². The molecule has 1 rings (SSSR count). The lowest BCUT2D eigenvalue weighted by Gasteiger charge is -1.93. The van der Waals surface area contributed by atoms with Gasteiger partial charge in [0.1, 0.15) is 0 Å². The number of carbonyl (C=O) groups is 1. The third kappa shape index (κ3) is 1.25. The van der Waals surface area contributed by atoms with Crippen molar-refractivity contribution in [2.24, 2.45) is 0 Å². The first-order valence-electron chi connectivity index (χ1n) is 2.70. The van der Waals surface area contributed by atoms with Gasteiger partial charge in [0.25, 0.3) is 0 Å². The average Bonchev–Trinajstić information content (AvgIpc) is 1.88. The Morgan fingerprint density at radius 3 is 2.80 bits per heavy atom. The number of carboxylic acid groups (broad SMARTS) is 1. The molecular weight excluding hydrogens is 130 g/mol. The molecule has 0 saturated carbocycles. The summed E-state index contributed by atoms with van der Waals surface area (Å²) in [7, 11) is 0. The molecule has 0 bridgehead atoms. The molecule has 0 aliphatic heterocycles. The maximum atomic E-state index is 10.3. The molecule has 3 nitrogen and oxygen atoms in total. The minimum absolute atomic E-state index is 0.0972. The van der Waals surface area contributed by atoms with E-state index in [4.69, 9.17) is 10.8 Å². The van der Waals surface area contributed by atoms with Crippen LogP contribution in [-0.4, -0.2) is 11.1 Å². The largest absolute Gasteiger partial charge is 0.478 e. The number of anilines is 1. The molecule has 3 heteroatoms. The number of aromatic carboxylic acids is 1. The number of nitrogen functional groups attached to an aromatic ring is 1. The third-order valence-electron chi connectivity index (χ3n) is 1.06. The van der Waals surface area contributed by atoms with Crippen LogP contribution in [0, 0.1) is 6.07 Å². The second-order valence-electron chi connectivity index (χ2n) is 1.84. The van der Waals surface area contributed by atoms with E-state index >= 15 is 0 Å². The first-order valence-corrected chi connectivity index (χ1v) is 2.70. The quantitative estimate of drug-likeness (QED) is 0.560. The van der Waals surface area contributed by atoms with Crippen molar-refractivity contribution in [3.05, 3.63) is 29.8 Å². The molecule has 1 aromatic carbocycles. The van der Waals surface area contributed by atoms with Crippen molar-refractivity contribution in [2.45, 2.75) is 0 Å². The molecule has 1 radical (unpaired) electrons. The molecule has 0 aromatic heterocycles. The van der Waals surface area contributed by atoms with Gasteiger partial charge < -0.3 is 10.8 Å². The summed E-state index contributed by atoms with van der Waals surface area (Å²) >= 11 is 0. The van der Waals surface area contributed by atoms with Gasteiger partial charge >= 0.3 is 5.97 Å². The Kier molecular flexibility index (Phi) is 1.58. The highest BCUT2D eigenvalue weighted by Gasteiger charge is 2.00. The van der Waals surface area contributed by atoms with E-state index in [2.05, 4.69) is 6.07 Å². The van der Waals surface area contributed by atoms with Gasteiger partial charge in [0, 0.05) is 5.69 Å². The molecule has 0 unspecified atom stereocenters. The molecule has 0 saturated heterocycles. The first-order chi connectivity index (χ1) is 4.70. The van der Waals surface area contributed by atoms with Gasteiger partial charge in [0.15, 0.2) is 0 Å². The molecule has 1 aromatic rings. The standard InChI is InChI=1S/C7H6NO2/c8-6-3-1-2-5(4-6)7(9)10/h1,3-4H,8H2,(H,9,10). The van der Waals surface area contributed by atoms with Crippen molar-refractivity contribution in [3.8, 4) is 0 Å². The molecule has 0 heterocycles. The fraction of sp³-hybridized carbons (Fsp3) is 0. The summed E-state index contributed by atoms with van der Waals surface area (Å²) in [4.78, 5) is 10.3. The van der Waals surface area contributed by atoms with Crippen molar-refractivity contribution in [1.82, 2.24) is 0 Å². The van der Waals surface area contributed by atoms with Crippen LogP contribution in [0.25, 0.3) is 0 Å². The molecule has 0 spiro atoms. The molecule has 0 aliphatic carbocycles. The van der Waals surface area contributed by atoms with E-state index in [0.29, 0.717) is 5.69 Å². The van der Waals surface area contributed by atoms with E-state index in [9.17, 15) is 4.79 Å². The van der Waals surface area contributed by atoms with Crippen LogP contribution in [0.1, 0.15) is 10.4 Å². The van der Waals surface area contributed by atoms with Gasteiger partial charge in [-0.1, -0.05) is 6.07 Å². The van der Waals surface area contributed by atoms with Crippen LogP contribution in [0.5, 0.6) is 0 Å². The Morgan fingerprint density at radius 1 is 1.70 bits per heavy atom. The van der Waals surface area contributed by atoms with Crippen LogP contribution in [0.3, 0.4) is 0 Å². The molecule has 0 aliphatic rings. The van der Waals surface area contributed by atoms with Crippen LogP contribution >= 0.6 is 0 Å². The van der Waals surface area contributed by atoms with E-state index in [0.717, 1.165) is 0 Å². The third-order valence-corrected chi connectivity index (χ3v) is 1.06. The van der Waals surface area contributed by atoms with Gasteiger partial charge in [-0.2, -0.15) is 0 Å². The van der Waals surface area contributed by atoms with E-state index < -0.39 is 5.97 Å².